The molecule has 0 spiro atoms. The van der Waals surface area contributed by atoms with Crippen LogP contribution in [0.3, 0.4) is 0 Å². The fourth-order valence-corrected chi connectivity index (χ4v) is 2.38. The van der Waals surface area contributed by atoms with E-state index in [2.05, 4.69) is 0 Å². The van der Waals surface area contributed by atoms with Gasteiger partial charge in [0.2, 0.25) is 0 Å². The number of rotatable bonds is 1. The smallest absolute Gasteiger partial charge is 0.254 e. The van der Waals surface area contributed by atoms with Crippen LogP contribution in [0.4, 0.5) is 5.69 Å². The molecule has 1 saturated heterocycles. The van der Waals surface area contributed by atoms with Crippen molar-refractivity contribution in [1.29, 1.82) is 0 Å². The van der Waals surface area contributed by atoms with E-state index >= 15 is 0 Å². The number of ether oxygens (including phenoxy) is 1. The number of halogens is 2. The van der Waals surface area contributed by atoms with Gasteiger partial charge in [-0.15, -0.1) is 0 Å². The van der Waals surface area contributed by atoms with E-state index in [0.717, 1.165) is 0 Å². The maximum atomic E-state index is 12.3. The van der Waals surface area contributed by atoms with Crippen LogP contribution in [0.1, 0.15) is 17.3 Å². The number of nitrogens with two attached hydrogens (primary N) is 1. The first kappa shape index (κ1) is 13.5. The second-order valence-corrected chi connectivity index (χ2v) is 5.10. The van der Waals surface area contributed by atoms with Crippen molar-refractivity contribution < 1.29 is 9.53 Å². The molecular formula is C12H14Cl2N2O2. The summed E-state index contributed by atoms with van der Waals surface area (Å²) in [6, 6.07) is 3.09. The van der Waals surface area contributed by atoms with Gasteiger partial charge in [-0.25, -0.2) is 0 Å². The lowest BCUT2D eigenvalue weighted by Gasteiger charge is -2.31. The van der Waals surface area contributed by atoms with E-state index in [1.165, 1.54) is 0 Å². The third-order valence-electron chi connectivity index (χ3n) is 2.85. The van der Waals surface area contributed by atoms with Crippen molar-refractivity contribution in [3.8, 4) is 0 Å². The maximum Gasteiger partial charge on any atom is 0.254 e. The molecule has 0 radical (unpaired) electrons. The molecule has 1 aliphatic rings. The molecule has 98 valence electrons. The van der Waals surface area contributed by atoms with Crippen LogP contribution in [0.2, 0.25) is 10.0 Å². The minimum Gasteiger partial charge on any atom is -0.396 e. The first-order valence-electron chi connectivity index (χ1n) is 5.64. The van der Waals surface area contributed by atoms with Gasteiger partial charge < -0.3 is 15.4 Å². The molecule has 1 heterocycles. The predicted octanol–water partition coefficient (Wildman–Crippen LogP) is 2.44. The first-order chi connectivity index (χ1) is 8.49. The zero-order valence-electron chi connectivity index (χ0n) is 9.95. The average Bonchev–Trinajstić information content (AvgIpc) is 2.34. The second kappa shape index (κ2) is 5.34. The van der Waals surface area contributed by atoms with Gasteiger partial charge in [-0.1, -0.05) is 23.2 Å². The third kappa shape index (κ3) is 2.71. The first-order valence-corrected chi connectivity index (χ1v) is 6.40. The fraction of sp³-hybridized carbons (Fsp3) is 0.417. The molecule has 0 saturated carbocycles. The molecule has 0 aromatic heterocycles. The Bertz CT molecular complexity index is 456. The highest BCUT2D eigenvalue weighted by atomic mass is 35.5. The summed E-state index contributed by atoms with van der Waals surface area (Å²) >= 11 is 11.9. The molecule has 1 fully saturated rings. The van der Waals surface area contributed by atoms with Gasteiger partial charge in [-0.3, -0.25) is 4.79 Å². The summed E-state index contributed by atoms with van der Waals surface area (Å²) in [7, 11) is 0. The van der Waals surface area contributed by atoms with E-state index < -0.39 is 0 Å². The van der Waals surface area contributed by atoms with E-state index in [1.54, 1.807) is 17.0 Å². The summed E-state index contributed by atoms with van der Waals surface area (Å²) in [5, 5.41) is 0.597. The average molecular weight is 289 g/mol. The Labute approximate surface area is 116 Å². The molecule has 1 aromatic rings. The lowest BCUT2D eigenvalue weighted by Crippen LogP contribution is -2.44. The Morgan fingerprint density at radius 3 is 2.61 bits per heavy atom. The van der Waals surface area contributed by atoms with Crippen LogP contribution in [-0.2, 0) is 4.74 Å². The van der Waals surface area contributed by atoms with Gasteiger partial charge in [0.15, 0.2) is 0 Å². The van der Waals surface area contributed by atoms with Crippen molar-refractivity contribution in [1.82, 2.24) is 4.90 Å². The Morgan fingerprint density at radius 1 is 1.44 bits per heavy atom. The molecule has 2 N–H and O–H groups in total. The van der Waals surface area contributed by atoms with E-state index in [-0.39, 0.29) is 12.0 Å². The molecule has 18 heavy (non-hydrogen) atoms. The van der Waals surface area contributed by atoms with Crippen molar-refractivity contribution >= 4 is 34.8 Å². The Hall–Kier alpha value is -0.970. The van der Waals surface area contributed by atoms with Gasteiger partial charge in [0.25, 0.3) is 5.91 Å². The van der Waals surface area contributed by atoms with Crippen molar-refractivity contribution in [3.63, 3.8) is 0 Å². The molecule has 4 nitrogen and oxygen atoms in total. The van der Waals surface area contributed by atoms with E-state index in [1.807, 2.05) is 6.92 Å². The van der Waals surface area contributed by atoms with Crippen molar-refractivity contribution in [2.75, 3.05) is 25.4 Å². The number of anilines is 1. The number of hydrogen-bond donors (Lipinski definition) is 1. The molecule has 1 aromatic carbocycles. The van der Waals surface area contributed by atoms with Crippen LogP contribution in [-0.4, -0.2) is 36.6 Å². The van der Waals surface area contributed by atoms with Crippen LogP contribution in [0.5, 0.6) is 0 Å². The van der Waals surface area contributed by atoms with Crippen LogP contribution >= 0.6 is 23.2 Å². The minimum atomic E-state index is -0.103. The van der Waals surface area contributed by atoms with E-state index in [4.69, 9.17) is 33.7 Å². The maximum absolute atomic E-state index is 12.3. The summed E-state index contributed by atoms with van der Waals surface area (Å²) in [5.41, 5.74) is 6.39. The highest BCUT2D eigenvalue weighted by Gasteiger charge is 2.23. The number of carbonyl (C=O) groups excluding carboxylic acids is 1. The summed E-state index contributed by atoms with van der Waals surface area (Å²) in [6.07, 6.45) is 0.0439. The van der Waals surface area contributed by atoms with Gasteiger partial charge in [-0.2, -0.15) is 0 Å². The van der Waals surface area contributed by atoms with Crippen molar-refractivity contribution in [3.05, 3.63) is 27.7 Å². The molecular weight excluding hydrogens is 275 g/mol. The number of benzene rings is 1. The quantitative estimate of drug-likeness (QED) is 0.808. The minimum absolute atomic E-state index is 0.0439. The predicted molar refractivity (Wildman–Crippen MR) is 72.2 cm³/mol. The molecule has 2 rings (SSSR count). The molecule has 1 amide bonds. The summed E-state index contributed by atoms with van der Waals surface area (Å²) in [4.78, 5) is 14.0. The second-order valence-electron chi connectivity index (χ2n) is 4.29. The molecule has 0 aliphatic carbocycles. The molecule has 0 bridgehead atoms. The number of amides is 1. The van der Waals surface area contributed by atoms with Crippen LogP contribution in [0.25, 0.3) is 0 Å². The Kier molecular flexibility index (Phi) is 4.00. The van der Waals surface area contributed by atoms with Crippen LogP contribution in [0, 0.1) is 0 Å². The zero-order valence-corrected chi connectivity index (χ0v) is 11.5. The van der Waals surface area contributed by atoms with E-state index in [0.29, 0.717) is 41.0 Å². The lowest BCUT2D eigenvalue weighted by molar-refractivity contribution is -0.0124. The largest absolute Gasteiger partial charge is 0.396 e. The number of carbonyl (C=O) groups is 1. The summed E-state index contributed by atoms with van der Waals surface area (Å²) in [5.74, 6) is -0.103. The zero-order chi connectivity index (χ0) is 13.3. The summed E-state index contributed by atoms with van der Waals surface area (Å²) in [6.45, 7) is 3.62. The van der Waals surface area contributed by atoms with Gasteiger partial charge in [0.1, 0.15) is 0 Å². The Balaban J connectivity index is 2.23. The van der Waals surface area contributed by atoms with Crippen molar-refractivity contribution in [2.24, 2.45) is 0 Å². The number of nitrogens with zero attached hydrogens (tertiary/aromatic N) is 1. The molecule has 1 atom stereocenters. The third-order valence-corrected chi connectivity index (χ3v) is 3.48. The Morgan fingerprint density at radius 2 is 2.06 bits per heavy atom. The number of morpholine rings is 1. The lowest BCUT2D eigenvalue weighted by atomic mass is 10.1. The highest BCUT2D eigenvalue weighted by molar-refractivity contribution is 6.39. The summed E-state index contributed by atoms with van der Waals surface area (Å²) < 4.78 is 5.39. The fourth-order valence-electron chi connectivity index (χ4n) is 1.89. The van der Waals surface area contributed by atoms with Crippen molar-refractivity contribution in [2.45, 2.75) is 13.0 Å². The van der Waals surface area contributed by atoms with Gasteiger partial charge >= 0.3 is 0 Å². The highest BCUT2D eigenvalue weighted by Crippen LogP contribution is 2.29. The molecule has 1 aliphatic heterocycles. The van der Waals surface area contributed by atoms with E-state index in [9.17, 15) is 4.79 Å². The topological polar surface area (TPSA) is 55.6 Å². The van der Waals surface area contributed by atoms with Gasteiger partial charge in [-0.05, 0) is 19.1 Å². The van der Waals surface area contributed by atoms with Crippen LogP contribution < -0.4 is 5.73 Å². The monoisotopic (exact) mass is 288 g/mol. The normalized spacial score (nSPS) is 19.9. The van der Waals surface area contributed by atoms with Crippen LogP contribution in [0.15, 0.2) is 12.1 Å². The van der Waals surface area contributed by atoms with Gasteiger partial charge in [0, 0.05) is 18.7 Å². The molecule has 1 unspecified atom stereocenters. The molecule has 6 heteroatoms. The SMILES string of the molecule is CC1CN(C(=O)c2cc(Cl)c(N)c(Cl)c2)CCO1. The number of hydrogen-bond acceptors (Lipinski definition) is 3. The number of nitrogen functional groups attached to an aromatic ring is 1. The van der Waals surface area contributed by atoms with Gasteiger partial charge in [0.05, 0.1) is 28.4 Å². The standard InChI is InChI=1S/C12H14Cl2N2O2/c1-7-6-16(2-3-18-7)12(17)8-4-9(13)11(15)10(14)5-8/h4-5,7H,2-3,6,15H2,1H3.